The lowest BCUT2D eigenvalue weighted by molar-refractivity contribution is 0.563. The third kappa shape index (κ3) is 14.9. The molecule has 0 spiro atoms. The van der Waals surface area contributed by atoms with Crippen molar-refractivity contribution in [2.45, 2.75) is 71.1 Å². The second kappa shape index (κ2) is 13.0. The zero-order chi connectivity index (χ0) is 11.4. The first-order chi connectivity index (χ1) is 7.27. The molecule has 0 N–H and O–H groups in total. The molecule has 1 unspecified atom stereocenters. The van der Waals surface area contributed by atoms with Crippen LogP contribution in [0.2, 0.25) is 0 Å². The summed E-state index contributed by atoms with van der Waals surface area (Å²) < 4.78 is 0. The van der Waals surface area contributed by atoms with Gasteiger partial charge in [-0.2, -0.15) is 0 Å². The molecule has 0 saturated carbocycles. The van der Waals surface area contributed by atoms with Gasteiger partial charge in [0.2, 0.25) is 0 Å². The number of unbranched alkanes of at least 4 members (excludes halogenated alkanes) is 9. The van der Waals surface area contributed by atoms with Gasteiger partial charge in [-0.15, -0.1) is 0 Å². The molecule has 0 bridgehead atoms. The Morgan fingerprint density at radius 3 is 1.53 bits per heavy atom. The minimum atomic E-state index is 0.177. The number of rotatable bonds is 11. The van der Waals surface area contributed by atoms with E-state index in [0.717, 1.165) is 0 Å². The maximum atomic E-state index is 3.66. The zero-order valence-electron chi connectivity index (χ0n) is 10.6. The van der Waals surface area contributed by atoms with Crippen molar-refractivity contribution >= 4 is 22.1 Å². The van der Waals surface area contributed by atoms with Crippen LogP contribution in [0, 0.1) is 0 Å². The van der Waals surface area contributed by atoms with Crippen LogP contribution in [0.4, 0.5) is 0 Å². The van der Waals surface area contributed by atoms with Crippen molar-refractivity contribution in [3.8, 4) is 0 Å². The van der Waals surface area contributed by atoms with Crippen LogP contribution in [0.15, 0.2) is 0 Å². The summed E-state index contributed by atoms with van der Waals surface area (Å²) >= 11 is 3.66. The van der Waals surface area contributed by atoms with Gasteiger partial charge in [-0.25, -0.2) is 0 Å². The number of halogens is 1. The molecule has 0 heterocycles. The third-order valence-electron chi connectivity index (χ3n) is 2.82. The van der Waals surface area contributed by atoms with Gasteiger partial charge in [0.1, 0.15) is 0 Å². The lowest BCUT2D eigenvalue weighted by atomic mass is 10.1. The molecule has 92 valence electrons. The quantitative estimate of drug-likeness (QED) is 0.308. The molecule has 0 aromatic carbocycles. The van der Waals surface area contributed by atoms with Gasteiger partial charge in [0.15, 0.2) is 0 Å². The van der Waals surface area contributed by atoms with Crippen molar-refractivity contribution in [3.05, 3.63) is 0 Å². The Balaban J connectivity index is 2.87. The van der Waals surface area contributed by atoms with Gasteiger partial charge < -0.3 is 0 Å². The first kappa shape index (κ1) is 15.9. The summed E-state index contributed by atoms with van der Waals surface area (Å²) in [7, 11) is 0. The van der Waals surface area contributed by atoms with Gasteiger partial charge in [-0.3, -0.25) is 0 Å². The maximum Gasteiger partial charge on any atom is -0.0230 e. The summed E-state index contributed by atoms with van der Waals surface area (Å²) in [6.07, 6.45) is 15.9. The minimum Gasteiger partial charge on any atom is -0.0654 e. The van der Waals surface area contributed by atoms with E-state index in [-0.39, 0.29) is 6.62 Å². The van der Waals surface area contributed by atoms with E-state index < -0.39 is 0 Å². The van der Waals surface area contributed by atoms with Gasteiger partial charge in [0.25, 0.3) is 0 Å². The van der Waals surface area contributed by atoms with E-state index in [4.69, 9.17) is 0 Å². The average molecular weight is 295 g/mol. The maximum absolute atomic E-state index is 3.66. The first-order valence-electron chi connectivity index (χ1n) is 6.64. The first-order valence-corrected chi connectivity index (χ1v) is 10.6. The van der Waals surface area contributed by atoms with E-state index in [1.54, 1.807) is 0 Å². The van der Waals surface area contributed by atoms with E-state index in [9.17, 15) is 0 Å². The summed E-state index contributed by atoms with van der Waals surface area (Å²) in [6, 6.07) is 0. The molecule has 0 radical (unpaired) electrons. The molecule has 0 aliphatic carbocycles. The lowest BCUT2D eigenvalue weighted by Crippen LogP contribution is -1.83. The molecular weight excluding hydrogens is 267 g/mol. The zero-order valence-corrected chi connectivity index (χ0v) is 13.1. The fourth-order valence-electron chi connectivity index (χ4n) is 1.82. The predicted molar refractivity (Wildman–Crippen MR) is 78.5 cm³/mol. The van der Waals surface area contributed by atoms with Crippen LogP contribution < -0.4 is 0 Å². The van der Waals surface area contributed by atoms with Crippen molar-refractivity contribution < 1.29 is 0 Å². The topological polar surface area (TPSA) is 0 Å². The lowest BCUT2D eigenvalue weighted by Gasteiger charge is -2.03. The Bertz CT molecular complexity index is 115. The highest BCUT2D eigenvalue weighted by molar-refractivity contribution is 9.39. The van der Waals surface area contributed by atoms with Gasteiger partial charge in [0, 0.05) is 0 Å². The minimum absolute atomic E-state index is 0.177. The fraction of sp³-hybridized carbons (Fsp3) is 1.00. The molecule has 0 fully saturated rings. The van der Waals surface area contributed by atoms with Crippen molar-refractivity contribution in [1.29, 1.82) is 0 Å². The molecule has 0 aromatic heterocycles. The molecule has 0 rings (SSSR count). The van der Waals surface area contributed by atoms with E-state index in [0.29, 0.717) is 0 Å². The Morgan fingerprint density at radius 2 is 1.13 bits per heavy atom. The van der Waals surface area contributed by atoms with Crippen molar-refractivity contribution in [1.82, 2.24) is 0 Å². The summed E-state index contributed by atoms with van der Waals surface area (Å²) in [6.45, 7) is 4.77. The average Bonchev–Trinajstić information content (AvgIpc) is 2.20. The summed E-state index contributed by atoms with van der Waals surface area (Å²) in [5.41, 5.74) is 0. The summed E-state index contributed by atoms with van der Waals surface area (Å²) in [5.74, 6) is 0. The van der Waals surface area contributed by atoms with E-state index in [2.05, 4.69) is 29.1 Å². The smallest absolute Gasteiger partial charge is 0.0230 e. The van der Waals surface area contributed by atoms with Crippen molar-refractivity contribution in [2.75, 3.05) is 12.8 Å². The normalized spacial score (nSPS) is 13.0. The molecule has 0 amide bonds. The molecule has 2 heteroatoms. The van der Waals surface area contributed by atoms with E-state index >= 15 is 0 Å². The highest BCUT2D eigenvalue weighted by Crippen LogP contribution is 2.40. The van der Waals surface area contributed by atoms with Crippen molar-refractivity contribution in [2.24, 2.45) is 0 Å². The van der Waals surface area contributed by atoms with Crippen LogP contribution >= 0.6 is 22.1 Å². The number of hydrogen-bond acceptors (Lipinski definition) is 0. The predicted octanol–water partition coefficient (Wildman–Crippen LogP) is 6.33. The van der Waals surface area contributed by atoms with Crippen LogP contribution in [-0.4, -0.2) is 12.8 Å². The van der Waals surface area contributed by atoms with Crippen molar-refractivity contribution in [3.63, 3.8) is 0 Å². The highest BCUT2D eigenvalue weighted by atomic mass is 79.9. The second-order valence-electron chi connectivity index (χ2n) is 4.51. The van der Waals surface area contributed by atoms with Gasteiger partial charge in [0.05, 0.1) is 0 Å². The fourth-order valence-corrected chi connectivity index (χ4v) is 3.23. The van der Waals surface area contributed by atoms with Gasteiger partial charge >= 0.3 is 0 Å². The van der Waals surface area contributed by atoms with Crippen LogP contribution in [0.25, 0.3) is 0 Å². The van der Waals surface area contributed by atoms with Crippen LogP contribution in [0.3, 0.4) is 0 Å². The highest BCUT2D eigenvalue weighted by Gasteiger charge is 1.95. The third-order valence-corrected chi connectivity index (χ3v) is 4.82. The monoisotopic (exact) mass is 294 g/mol. The Hall–Kier alpha value is 0.910. The largest absolute Gasteiger partial charge is 0.0654 e. The molecule has 1 atom stereocenters. The Labute approximate surface area is 106 Å². The van der Waals surface area contributed by atoms with Gasteiger partial charge in [-0.1, -0.05) is 80.2 Å². The summed E-state index contributed by atoms with van der Waals surface area (Å²) in [4.78, 5) is 0. The Kier molecular flexibility index (Phi) is 13.8. The van der Waals surface area contributed by atoms with E-state index in [1.807, 2.05) is 0 Å². The van der Waals surface area contributed by atoms with E-state index in [1.165, 1.54) is 70.4 Å². The molecule has 0 aliphatic rings. The van der Waals surface area contributed by atoms with Gasteiger partial charge in [-0.05, 0) is 25.9 Å². The second-order valence-corrected chi connectivity index (χ2v) is 9.80. The summed E-state index contributed by atoms with van der Waals surface area (Å²) in [5, 5.41) is 0. The molecule has 0 nitrogen and oxygen atoms in total. The van der Waals surface area contributed by atoms with Crippen LogP contribution in [0.5, 0.6) is 0 Å². The molecule has 0 saturated heterocycles. The molecule has 0 aromatic rings. The van der Waals surface area contributed by atoms with Crippen LogP contribution in [0.1, 0.15) is 71.1 Å². The molecule has 15 heavy (non-hydrogen) atoms. The Morgan fingerprint density at radius 1 is 0.733 bits per heavy atom. The standard InChI is InChI=1S/C13H28BrP/c1-3-4-5-6-7-8-9-10-11-12-13-15(2)14/h3-13H2,1-2H3. The molecular formula is C13H28BrP. The number of hydrogen-bond donors (Lipinski definition) is 0. The molecule has 0 aliphatic heterocycles. The SMILES string of the molecule is CCCCCCCCCCCCP(C)Br. The van der Waals surface area contributed by atoms with Crippen LogP contribution in [-0.2, 0) is 0 Å².